The molecule has 0 bridgehead atoms. The molecule has 0 unspecified atom stereocenters. The number of hydrogen-bond acceptors (Lipinski definition) is 5. The monoisotopic (exact) mass is 354 g/mol. The fraction of sp³-hybridized carbons (Fsp3) is 0.316. The molecule has 3 rings (SSSR count). The number of hydrogen-bond donors (Lipinski definition) is 2. The third-order valence-electron chi connectivity index (χ3n) is 4.35. The summed E-state index contributed by atoms with van der Waals surface area (Å²) >= 11 is 0. The molecule has 0 spiro atoms. The Morgan fingerprint density at radius 1 is 1.08 bits per heavy atom. The van der Waals surface area contributed by atoms with Gasteiger partial charge in [-0.2, -0.15) is 0 Å². The second kappa shape index (κ2) is 8.44. The van der Waals surface area contributed by atoms with E-state index < -0.39 is 4.92 Å². The fourth-order valence-electron chi connectivity index (χ4n) is 3.01. The molecular weight excluding hydrogens is 332 g/mol. The zero-order chi connectivity index (χ0) is 18.4. The molecule has 1 aliphatic rings. The predicted molar refractivity (Wildman–Crippen MR) is 101 cm³/mol. The molecule has 1 heterocycles. The molecule has 136 valence electrons. The van der Waals surface area contributed by atoms with Gasteiger partial charge in [0.25, 0.3) is 5.69 Å². The minimum Gasteiger partial charge on any atom is -0.376 e. The molecule has 7 nitrogen and oxygen atoms in total. The zero-order valence-electron chi connectivity index (χ0n) is 14.5. The Hall–Kier alpha value is -2.93. The largest absolute Gasteiger partial charge is 0.376 e. The van der Waals surface area contributed by atoms with Crippen molar-refractivity contribution >= 4 is 23.0 Å². The van der Waals surface area contributed by atoms with Crippen LogP contribution in [-0.2, 0) is 11.3 Å². The number of non-ortho nitro benzene ring substituents is 1. The van der Waals surface area contributed by atoms with Crippen molar-refractivity contribution in [2.75, 3.05) is 30.3 Å². The van der Waals surface area contributed by atoms with Crippen molar-refractivity contribution in [3.05, 3.63) is 64.2 Å². The van der Waals surface area contributed by atoms with Gasteiger partial charge in [-0.3, -0.25) is 19.8 Å². The summed E-state index contributed by atoms with van der Waals surface area (Å²) < 4.78 is 0. The highest BCUT2D eigenvalue weighted by Crippen LogP contribution is 2.17. The third-order valence-corrected chi connectivity index (χ3v) is 4.35. The van der Waals surface area contributed by atoms with Gasteiger partial charge < -0.3 is 10.6 Å². The van der Waals surface area contributed by atoms with Crippen molar-refractivity contribution in [3.8, 4) is 0 Å². The van der Waals surface area contributed by atoms with E-state index in [1.165, 1.54) is 30.5 Å². The van der Waals surface area contributed by atoms with Gasteiger partial charge in [0.2, 0.25) is 5.91 Å². The fourth-order valence-corrected chi connectivity index (χ4v) is 3.01. The molecule has 1 fully saturated rings. The maximum Gasteiger partial charge on any atom is 0.271 e. The Kier molecular flexibility index (Phi) is 5.80. The van der Waals surface area contributed by atoms with Gasteiger partial charge in [0.1, 0.15) is 0 Å². The van der Waals surface area contributed by atoms with Crippen LogP contribution in [-0.4, -0.2) is 35.4 Å². The lowest BCUT2D eigenvalue weighted by Gasteiger charge is -2.15. The molecule has 0 saturated carbocycles. The Morgan fingerprint density at radius 2 is 1.81 bits per heavy atom. The van der Waals surface area contributed by atoms with Gasteiger partial charge in [-0.15, -0.1) is 0 Å². The molecule has 1 saturated heterocycles. The summed E-state index contributed by atoms with van der Waals surface area (Å²) in [5.41, 5.74) is 2.50. The number of benzene rings is 2. The standard InChI is InChI=1S/C19H22N4O3/c24-19(13-20-17-4-3-5-18(12-17)23(25)26)21-16-8-6-15(7-9-16)14-22-10-1-2-11-22/h3-9,12,20H,1-2,10-11,13-14H2,(H,21,24). The van der Waals surface area contributed by atoms with Crippen LogP contribution in [0.5, 0.6) is 0 Å². The van der Waals surface area contributed by atoms with Crippen LogP contribution in [0.2, 0.25) is 0 Å². The van der Waals surface area contributed by atoms with E-state index in [1.54, 1.807) is 12.1 Å². The highest BCUT2D eigenvalue weighted by Gasteiger charge is 2.12. The van der Waals surface area contributed by atoms with Crippen molar-refractivity contribution in [3.63, 3.8) is 0 Å². The average Bonchev–Trinajstić information content (AvgIpc) is 3.15. The van der Waals surface area contributed by atoms with Crippen LogP contribution < -0.4 is 10.6 Å². The first kappa shape index (κ1) is 17.9. The van der Waals surface area contributed by atoms with E-state index >= 15 is 0 Å². The van der Waals surface area contributed by atoms with Gasteiger partial charge in [0, 0.05) is 30.1 Å². The van der Waals surface area contributed by atoms with Crippen LogP contribution in [0.4, 0.5) is 17.1 Å². The molecule has 1 aliphatic heterocycles. The summed E-state index contributed by atoms with van der Waals surface area (Å²) in [5, 5.41) is 16.5. The molecule has 0 radical (unpaired) electrons. The first-order valence-corrected chi connectivity index (χ1v) is 8.69. The summed E-state index contributed by atoms with van der Waals surface area (Å²) in [6.45, 7) is 3.29. The van der Waals surface area contributed by atoms with E-state index in [9.17, 15) is 14.9 Å². The molecule has 0 aromatic heterocycles. The summed E-state index contributed by atoms with van der Waals surface area (Å²) in [4.78, 5) is 24.8. The normalized spacial score (nSPS) is 14.2. The van der Waals surface area contributed by atoms with E-state index in [4.69, 9.17) is 0 Å². The third kappa shape index (κ3) is 5.03. The number of nitrogens with zero attached hydrogens (tertiary/aromatic N) is 2. The number of likely N-dealkylation sites (tertiary alicyclic amines) is 1. The SMILES string of the molecule is O=C(CNc1cccc([N+](=O)[O-])c1)Nc1ccc(CN2CCCC2)cc1. The van der Waals surface area contributed by atoms with Crippen LogP contribution in [0.1, 0.15) is 18.4 Å². The number of carbonyl (C=O) groups excluding carboxylic acids is 1. The Labute approximate surface area is 152 Å². The first-order chi connectivity index (χ1) is 12.6. The molecule has 2 aromatic rings. The maximum absolute atomic E-state index is 12.1. The van der Waals surface area contributed by atoms with E-state index in [2.05, 4.69) is 15.5 Å². The van der Waals surface area contributed by atoms with Gasteiger partial charge in [-0.05, 0) is 49.7 Å². The van der Waals surface area contributed by atoms with E-state index in [1.807, 2.05) is 24.3 Å². The molecule has 0 aliphatic carbocycles. The van der Waals surface area contributed by atoms with Crippen LogP contribution in [0.25, 0.3) is 0 Å². The Balaban J connectivity index is 1.48. The van der Waals surface area contributed by atoms with Gasteiger partial charge in [0.15, 0.2) is 0 Å². The second-order valence-electron chi connectivity index (χ2n) is 6.39. The topological polar surface area (TPSA) is 87.5 Å². The number of nitro groups is 1. The summed E-state index contributed by atoms with van der Waals surface area (Å²) in [6.07, 6.45) is 2.54. The van der Waals surface area contributed by atoms with Crippen molar-refractivity contribution in [1.82, 2.24) is 4.90 Å². The van der Waals surface area contributed by atoms with Gasteiger partial charge >= 0.3 is 0 Å². The predicted octanol–water partition coefficient (Wildman–Crippen LogP) is 3.24. The molecule has 2 aromatic carbocycles. The van der Waals surface area contributed by atoms with Gasteiger partial charge in [-0.25, -0.2) is 0 Å². The first-order valence-electron chi connectivity index (χ1n) is 8.69. The van der Waals surface area contributed by atoms with E-state index in [0.717, 1.165) is 25.3 Å². The van der Waals surface area contributed by atoms with Crippen LogP contribution in [0.15, 0.2) is 48.5 Å². The van der Waals surface area contributed by atoms with Crippen molar-refractivity contribution in [2.45, 2.75) is 19.4 Å². The van der Waals surface area contributed by atoms with Crippen molar-refractivity contribution in [1.29, 1.82) is 0 Å². The lowest BCUT2D eigenvalue weighted by molar-refractivity contribution is -0.384. The summed E-state index contributed by atoms with van der Waals surface area (Å²) in [6, 6.07) is 13.9. The molecule has 7 heteroatoms. The number of nitro benzene ring substituents is 1. The zero-order valence-corrected chi connectivity index (χ0v) is 14.5. The summed E-state index contributed by atoms with van der Waals surface area (Å²) in [7, 11) is 0. The average molecular weight is 354 g/mol. The highest BCUT2D eigenvalue weighted by molar-refractivity contribution is 5.93. The minimum absolute atomic E-state index is 0.0102. The number of amides is 1. The number of carbonyl (C=O) groups is 1. The van der Waals surface area contributed by atoms with E-state index in [-0.39, 0.29) is 18.1 Å². The lowest BCUT2D eigenvalue weighted by atomic mass is 10.2. The lowest BCUT2D eigenvalue weighted by Crippen LogP contribution is -2.22. The Bertz CT molecular complexity index is 771. The smallest absolute Gasteiger partial charge is 0.271 e. The van der Waals surface area contributed by atoms with Crippen molar-refractivity contribution < 1.29 is 9.72 Å². The second-order valence-corrected chi connectivity index (χ2v) is 6.39. The summed E-state index contributed by atoms with van der Waals surface area (Å²) in [5.74, 6) is -0.205. The molecule has 2 N–H and O–H groups in total. The molecule has 26 heavy (non-hydrogen) atoms. The number of nitrogens with one attached hydrogen (secondary N) is 2. The van der Waals surface area contributed by atoms with Crippen molar-refractivity contribution in [2.24, 2.45) is 0 Å². The quantitative estimate of drug-likeness (QED) is 0.589. The van der Waals surface area contributed by atoms with Gasteiger partial charge in [0.05, 0.1) is 11.5 Å². The Morgan fingerprint density at radius 3 is 2.50 bits per heavy atom. The number of rotatable bonds is 7. The van der Waals surface area contributed by atoms with Gasteiger partial charge in [-0.1, -0.05) is 18.2 Å². The maximum atomic E-state index is 12.1. The van der Waals surface area contributed by atoms with Crippen LogP contribution in [0.3, 0.4) is 0 Å². The minimum atomic E-state index is -0.463. The molecule has 1 amide bonds. The van der Waals surface area contributed by atoms with E-state index in [0.29, 0.717) is 5.69 Å². The number of anilines is 2. The molecular formula is C19H22N4O3. The van der Waals surface area contributed by atoms with Crippen LogP contribution in [0, 0.1) is 10.1 Å². The van der Waals surface area contributed by atoms with Crippen LogP contribution >= 0.6 is 0 Å². The molecule has 0 atom stereocenters. The highest BCUT2D eigenvalue weighted by atomic mass is 16.6.